The maximum absolute atomic E-state index is 9.79. The topological polar surface area (TPSA) is 26.3 Å². The molecule has 0 atom stereocenters. The van der Waals surface area contributed by atoms with E-state index in [4.69, 9.17) is 4.12 Å². The van der Waals surface area contributed by atoms with Crippen molar-refractivity contribution in [3.05, 3.63) is 0 Å². The van der Waals surface area contributed by atoms with Gasteiger partial charge in [-0.3, -0.25) is 0 Å². The average Bonchev–Trinajstić information content (AvgIpc) is 1.30. The van der Waals surface area contributed by atoms with Crippen molar-refractivity contribution in [2.75, 3.05) is 0 Å². The maximum Gasteiger partial charge on any atom is 0.578 e. The summed E-state index contributed by atoms with van der Waals surface area (Å²) in [6, 6.07) is 0. The van der Waals surface area contributed by atoms with E-state index in [-0.39, 0.29) is 0 Å². The summed E-state index contributed by atoms with van der Waals surface area (Å²) in [7, 11) is -2.04. The third-order valence-electron chi connectivity index (χ3n) is 0.348. The van der Waals surface area contributed by atoms with Crippen LogP contribution in [0.1, 0.15) is 0 Å². The molecule has 0 heterocycles. The molecule has 0 saturated carbocycles. The van der Waals surface area contributed by atoms with Crippen molar-refractivity contribution in [2.24, 2.45) is 0 Å². The standard InChI is InChI=1S/C3H9O2Si2/c1-7(2,3)5-6-4/h1-3H3. The van der Waals surface area contributed by atoms with Crippen LogP contribution in [0.2, 0.25) is 19.6 Å². The van der Waals surface area contributed by atoms with Crippen LogP contribution in [0.25, 0.3) is 0 Å². The van der Waals surface area contributed by atoms with Crippen LogP contribution in [-0.4, -0.2) is 18.0 Å². The molecule has 0 aliphatic rings. The monoisotopic (exact) mass is 133 g/mol. The van der Waals surface area contributed by atoms with Crippen molar-refractivity contribution in [2.45, 2.75) is 19.6 Å². The molecule has 0 N–H and O–H groups in total. The van der Waals surface area contributed by atoms with Gasteiger partial charge in [0.05, 0.1) is 0 Å². The molecule has 4 heteroatoms. The molecule has 0 unspecified atom stereocenters. The van der Waals surface area contributed by atoms with Crippen LogP contribution in [0.15, 0.2) is 0 Å². The summed E-state index contributed by atoms with van der Waals surface area (Å²) in [6.45, 7) is 5.99. The second kappa shape index (κ2) is 2.37. The largest absolute Gasteiger partial charge is 0.578 e. The van der Waals surface area contributed by atoms with E-state index in [1.165, 1.54) is 0 Å². The first kappa shape index (κ1) is 7.03. The minimum atomic E-state index is -1.46. The van der Waals surface area contributed by atoms with Gasteiger partial charge in [0.1, 0.15) is 0 Å². The number of hydrogen-bond acceptors (Lipinski definition) is 2. The van der Waals surface area contributed by atoms with Crippen LogP contribution in [0, 0.1) is 0 Å². The van der Waals surface area contributed by atoms with Gasteiger partial charge < -0.3 is 8.58 Å². The van der Waals surface area contributed by atoms with E-state index in [2.05, 4.69) is 0 Å². The van der Waals surface area contributed by atoms with E-state index in [1.54, 1.807) is 0 Å². The van der Waals surface area contributed by atoms with Gasteiger partial charge in [-0.25, -0.2) is 0 Å². The van der Waals surface area contributed by atoms with Gasteiger partial charge in [0, 0.05) is 0 Å². The molecule has 0 aromatic heterocycles. The van der Waals surface area contributed by atoms with Crippen LogP contribution in [0.3, 0.4) is 0 Å². The molecule has 41 valence electrons. The van der Waals surface area contributed by atoms with E-state index >= 15 is 0 Å². The first-order chi connectivity index (χ1) is 3.06. The number of rotatable bonds is 2. The molecule has 0 aromatic rings. The van der Waals surface area contributed by atoms with Gasteiger partial charge in [-0.05, 0) is 19.6 Å². The van der Waals surface area contributed by atoms with Crippen LogP contribution in [0.4, 0.5) is 0 Å². The van der Waals surface area contributed by atoms with Gasteiger partial charge in [0.25, 0.3) is 0 Å². The Morgan fingerprint density at radius 1 is 1.43 bits per heavy atom. The maximum atomic E-state index is 9.79. The SMILES string of the molecule is C[Si](C)(C)O[Si]=O. The van der Waals surface area contributed by atoms with Crippen molar-refractivity contribution in [1.29, 1.82) is 0 Å². The highest BCUT2D eigenvalue weighted by Gasteiger charge is 2.13. The average molecular weight is 133 g/mol. The summed E-state index contributed by atoms with van der Waals surface area (Å²) in [5, 5.41) is 0. The molecule has 0 bridgehead atoms. The fraction of sp³-hybridized carbons (Fsp3) is 1.00. The van der Waals surface area contributed by atoms with Gasteiger partial charge >= 0.3 is 9.65 Å². The zero-order valence-corrected chi connectivity index (χ0v) is 6.82. The summed E-state index contributed by atoms with van der Waals surface area (Å²) in [4.78, 5) is 0. The Bertz CT molecular complexity index is 65.8. The van der Waals surface area contributed by atoms with E-state index in [9.17, 15) is 4.46 Å². The molecule has 7 heavy (non-hydrogen) atoms. The van der Waals surface area contributed by atoms with E-state index in [1.807, 2.05) is 19.6 Å². The molecule has 0 fully saturated rings. The fourth-order valence-electron chi connectivity index (χ4n) is 0.125. The van der Waals surface area contributed by atoms with Gasteiger partial charge in [0.15, 0.2) is 0 Å². The molecule has 0 aliphatic heterocycles. The van der Waals surface area contributed by atoms with E-state index in [0.29, 0.717) is 0 Å². The lowest BCUT2D eigenvalue weighted by molar-refractivity contribution is 0.481. The minimum absolute atomic E-state index is 0.579. The van der Waals surface area contributed by atoms with E-state index < -0.39 is 18.0 Å². The normalized spacial score (nSPS) is 10.7. The molecule has 0 amide bonds. The first-order valence-corrected chi connectivity index (χ1v) is 6.34. The third kappa shape index (κ3) is 6.03. The van der Waals surface area contributed by atoms with Crippen molar-refractivity contribution in [3.63, 3.8) is 0 Å². The third-order valence-corrected chi connectivity index (χ3v) is 3.13. The Morgan fingerprint density at radius 2 is 1.86 bits per heavy atom. The van der Waals surface area contributed by atoms with Crippen molar-refractivity contribution in [3.8, 4) is 0 Å². The highest BCUT2D eigenvalue weighted by Crippen LogP contribution is 1.97. The molecule has 0 rings (SSSR count). The Labute approximate surface area is 47.0 Å². The molecular formula is C3H9O2Si2. The van der Waals surface area contributed by atoms with Gasteiger partial charge in [-0.2, -0.15) is 0 Å². The van der Waals surface area contributed by atoms with Crippen molar-refractivity contribution >= 4 is 18.0 Å². The predicted molar refractivity (Wildman–Crippen MR) is 30.9 cm³/mol. The lowest BCUT2D eigenvalue weighted by atomic mass is 11.8. The van der Waals surface area contributed by atoms with Gasteiger partial charge in [-0.15, -0.1) is 0 Å². The second-order valence-corrected chi connectivity index (χ2v) is 7.51. The summed E-state index contributed by atoms with van der Waals surface area (Å²) < 4.78 is 14.6. The molecule has 0 aromatic carbocycles. The Kier molecular flexibility index (Phi) is 2.38. The smallest absolute Gasteiger partial charge is 0.576 e. The Hall–Kier alpha value is 0.0338. The first-order valence-electron chi connectivity index (χ1n) is 2.11. The summed E-state index contributed by atoms with van der Waals surface area (Å²) in [6.07, 6.45) is 0. The van der Waals surface area contributed by atoms with Crippen LogP contribution >= 0.6 is 0 Å². The molecular weight excluding hydrogens is 124 g/mol. The fourth-order valence-corrected chi connectivity index (χ4v) is 1.13. The van der Waals surface area contributed by atoms with Gasteiger partial charge in [0.2, 0.25) is 8.32 Å². The quantitative estimate of drug-likeness (QED) is 0.521. The van der Waals surface area contributed by atoms with Gasteiger partial charge in [-0.1, -0.05) is 0 Å². The summed E-state index contributed by atoms with van der Waals surface area (Å²) in [5.41, 5.74) is 0. The van der Waals surface area contributed by atoms with Crippen molar-refractivity contribution in [1.82, 2.24) is 0 Å². The summed E-state index contributed by atoms with van der Waals surface area (Å²) in [5.74, 6) is 0. The highest BCUT2D eigenvalue weighted by atomic mass is 28.4. The Balaban J connectivity index is 3.34. The molecule has 0 aliphatic carbocycles. The lowest BCUT2D eigenvalue weighted by Gasteiger charge is -2.11. The predicted octanol–water partition coefficient (Wildman–Crippen LogP) is 0.803. The van der Waals surface area contributed by atoms with Crippen LogP contribution < -0.4 is 0 Å². The number of hydrogen-bond donors (Lipinski definition) is 0. The molecule has 0 saturated heterocycles. The zero-order valence-electron chi connectivity index (χ0n) is 4.82. The van der Waals surface area contributed by atoms with Crippen molar-refractivity contribution < 1.29 is 8.58 Å². The lowest BCUT2D eigenvalue weighted by Crippen LogP contribution is -2.24. The second-order valence-electron chi connectivity index (χ2n) is 2.30. The highest BCUT2D eigenvalue weighted by molar-refractivity contribution is 6.72. The Morgan fingerprint density at radius 3 is 1.86 bits per heavy atom. The van der Waals surface area contributed by atoms with Crippen LogP contribution in [-0.2, 0) is 8.58 Å². The van der Waals surface area contributed by atoms with E-state index in [0.717, 1.165) is 0 Å². The molecule has 2 nitrogen and oxygen atoms in total. The summed E-state index contributed by atoms with van der Waals surface area (Å²) >= 11 is 0. The molecule has 0 spiro atoms. The zero-order chi connectivity index (χ0) is 5.91. The molecule has 1 radical (unpaired) electrons. The minimum Gasteiger partial charge on any atom is -0.576 e. The van der Waals surface area contributed by atoms with Crippen LogP contribution in [0.5, 0.6) is 0 Å².